The van der Waals surface area contributed by atoms with Gasteiger partial charge in [-0.05, 0) is 29.8 Å². The van der Waals surface area contributed by atoms with Crippen molar-refractivity contribution in [3.63, 3.8) is 0 Å². The van der Waals surface area contributed by atoms with Gasteiger partial charge in [-0.15, -0.1) is 0 Å². The molecule has 1 saturated heterocycles. The normalized spacial score (nSPS) is 14.6. The van der Waals surface area contributed by atoms with Gasteiger partial charge < -0.3 is 26.0 Å². The lowest BCUT2D eigenvalue weighted by Crippen LogP contribution is -2.43. The van der Waals surface area contributed by atoms with Crippen LogP contribution in [-0.4, -0.2) is 67.1 Å². The summed E-state index contributed by atoms with van der Waals surface area (Å²) < 4.78 is 0. The van der Waals surface area contributed by atoms with Gasteiger partial charge >= 0.3 is 5.97 Å². The summed E-state index contributed by atoms with van der Waals surface area (Å²) >= 11 is 0. The third-order valence-electron chi connectivity index (χ3n) is 4.89. The van der Waals surface area contributed by atoms with Crippen LogP contribution in [0, 0.1) is 0 Å². The summed E-state index contributed by atoms with van der Waals surface area (Å²) in [5, 5.41) is 17.8. The highest BCUT2D eigenvalue weighted by Gasteiger charge is 2.21. The molecule has 1 fully saturated rings. The summed E-state index contributed by atoms with van der Waals surface area (Å²) in [5.74, 6) is -2.79. The molecule has 1 aliphatic rings. The molecule has 1 aromatic heterocycles. The smallest absolute Gasteiger partial charge is 0.312 e. The molecule has 158 valence electrons. The highest BCUT2D eigenvalue weighted by atomic mass is 16.4. The van der Waals surface area contributed by atoms with Crippen LogP contribution in [0.2, 0.25) is 0 Å². The lowest BCUT2D eigenvalue weighted by Gasteiger charge is -2.29. The molecule has 1 aliphatic heterocycles. The van der Waals surface area contributed by atoms with Gasteiger partial charge in [0.25, 0.3) is 5.91 Å². The van der Waals surface area contributed by atoms with Crippen molar-refractivity contribution in [3.8, 4) is 0 Å². The van der Waals surface area contributed by atoms with Gasteiger partial charge in [0.05, 0.1) is 6.54 Å². The number of nitrogens with one attached hydrogen (secondary N) is 3. The van der Waals surface area contributed by atoms with E-state index in [1.807, 2.05) is 12.1 Å². The Labute approximate surface area is 174 Å². The first-order chi connectivity index (χ1) is 14.5. The highest BCUT2D eigenvalue weighted by molar-refractivity contribution is 5.97. The molecule has 2 heterocycles. The zero-order chi connectivity index (χ0) is 21.3. The molecular formula is C21H25N5O4. The van der Waals surface area contributed by atoms with E-state index >= 15 is 0 Å². The Hall–Kier alpha value is -3.46. The maximum atomic E-state index is 12.4. The minimum atomic E-state index is -1.06. The van der Waals surface area contributed by atoms with Gasteiger partial charge in [0.15, 0.2) is 0 Å². The number of aliphatic carboxylic acids is 1. The number of anilines is 1. The number of rotatable bonds is 8. The Morgan fingerprint density at radius 1 is 1.13 bits per heavy atom. The van der Waals surface area contributed by atoms with Crippen molar-refractivity contribution in [2.75, 3.05) is 44.2 Å². The van der Waals surface area contributed by atoms with Crippen LogP contribution < -0.4 is 20.9 Å². The third-order valence-corrected chi connectivity index (χ3v) is 4.89. The molecule has 0 aliphatic carbocycles. The topological polar surface area (TPSA) is 124 Å². The first-order valence-corrected chi connectivity index (χ1v) is 9.78. The van der Waals surface area contributed by atoms with Crippen LogP contribution >= 0.6 is 0 Å². The standard InChI is InChI=1S/C21H25N5O4/c27-19(24-13-18(21(29)30)16-4-2-6-23-12-16)14-25-20(28)15-3-1-5-17(11-15)26-9-7-22-8-10-26/h1-6,11-12,18,22H,7-10,13-14H2,(H,24,27)(H,25,28)(H,29,30)/t18-/m1/s1. The predicted molar refractivity (Wildman–Crippen MR) is 111 cm³/mol. The van der Waals surface area contributed by atoms with Crippen LogP contribution in [-0.2, 0) is 9.59 Å². The van der Waals surface area contributed by atoms with Crippen molar-refractivity contribution >= 4 is 23.5 Å². The molecule has 3 rings (SSSR count). The number of amides is 2. The molecule has 0 radical (unpaired) electrons. The average molecular weight is 411 g/mol. The van der Waals surface area contributed by atoms with E-state index in [1.165, 1.54) is 6.20 Å². The molecule has 30 heavy (non-hydrogen) atoms. The largest absolute Gasteiger partial charge is 0.481 e. The number of nitrogens with zero attached hydrogens (tertiary/aromatic N) is 2. The van der Waals surface area contributed by atoms with Crippen molar-refractivity contribution in [3.05, 3.63) is 59.9 Å². The number of carboxylic acids is 1. The zero-order valence-electron chi connectivity index (χ0n) is 16.5. The number of pyridine rings is 1. The van der Waals surface area contributed by atoms with E-state index in [1.54, 1.807) is 30.5 Å². The molecule has 1 atom stereocenters. The number of piperazine rings is 1. The van der Waals surface area contributed by atoms with Crippen LogP contribution in [0.4, 0.5) is 5.69 Å². The van der Waals surface area contributed by atoms with Gasteiger partial charge in [0.2, 0.25) is 5.91 Å². The molecular weight excluding hydrogens is 386 g/mol. The first-order valence-electron chi connectivity index (χ1n) is 9.78. The van der Waals surface area contributed by atoms with Gasteiger partial charge in [-0.1, -0.05) is 12.1 Å². The summed E-state index contributed by atoms with van der Waals surface area (Å²) in [5.41, 5.74) is 1.94. The summed E-state index contributed by atoms with van der Waals surface area (Å²) in [6.45, 7) is 3.20. The first kappa shape index (κ1) is 21.3. The van der Waals surface area contributed by atoms with Crippen molar-refractivity contribution in [1.82, 2.24) is 20.9 Å². The van der Waals surface area contributed by atoms with E-state index < -0.39 is 17.8 Å². The molecule has 9 nitrogen and oxygen atoms in total. The average Bonchev–Trinajstić information content (AvgIpc) is 2.79. The van der Waals surface area contributed by atoms with Gasteiger partial charge in [-0.2, -0.15) is 0 Å². The van der Waals surface area contributed by atoms with Crippen LogP contribution in [0.15, 0.2) is 48.8 Å². The van der Waals surface area contributed by atoms with Crippen molar-refractivity contribution < 1.29 is 19.5 Å². The Balaban J connectivity index is 1.50. The fourth-order valence-electron chi connectivity index (χ4n) is 3.24. The minimum absolute atomic E-state index is 0.0891. The van der Waals surface area contributed by atoms with Crippen molar-refractivity contribution in [2.45, 2.75) is 5.92 Å². The third kappa shape index (κ3) is 5.77. The Bertz CT molecular complexity index is 884. The fourth-order valence-corrected chi connectivity index (χ4v) is 3.24. The second-order valence-corrected chi connectivity index (χ2v) is 6.95. The number of carbonyl (C=O) groups is 3. The number of benzene rings is 1. The maximum Gasteiger partial charge on any atom is 0.312 e. The fraction of sp³-hybridized carbons (Fsp3) is 0.333. The quantitative estimate of drug-likeness (QED) is 0.489. The second-order valence-electron chi connectivity index (χ2n) is 6.95. The van der Waals surface area contributed by atoms with Crippen LogP contribution in [0.25, 0.3) is 0 Å². The van der Waals surface area contributed by atoms with Gasteiger partial charge in [-0.3, -0.25) is 19.4 Å². The molecule has 0 saturated carbocycles. The van der Waals surface area contributed by atoms with Crippen molar-refractivity contribution in [2.24, 2.45) is 0 Å². The molecule has 2 aromatic rings. The molecule has 0 bridgehead atoms. The Morgan fingerprint density at radius 2 is 1.93 bits per heavy atom. The monoisotopic (exact) mass is 411 g/mol. The molecule has 9 heteroatoms. The molecule has 2 amide bonds. The van der Waals surface area contributed by atoms with E-state index in [-0.39, 0.29) is 19.0 Å². The number of hydrogen-bond acceptors (Lipinski definition) is 6. The van der Waals surface area contributed by atoms with E-state index in [0.29, 0.717) is 11.1 Å². The number of carboxylic acid groups (broad SMARTS) is 1. The number of aromatic nitrogens is 1. The summed E-state index contributed by atoms with van der Waals surface area (Å²) in [6.07, 6.45) is 3.01. The lowest BCUT2D eigenvalue weighted by molar-refractivity contribution is -0.138. The van der Waals surface area contributed by atoms with Gasteiger partial charge in [-0.25, -0.2) is 0 Å². The molecule has 4 N–H and O–H groups in total. The second kappa shape index (κ2) is 10.4. The highest BCUT2D eigenvalue weighted by Crippen LogP contribution is 2.17. The van der Waals surface area contributed by atoms with E-state index in [4.69, 9.17) is 0 Å². The zero-order valence-corrected chi connectivity index (χ0v) is 16.5. The summed E-state index contributed by atoms with van der Waals surface area (Å²) in [4.78, 5) is 42.1. The van der Waals surface area contributed by atoms with Crippen LogP contribution in [0.3, 0.4) is 0 Å². The van der Waals surface area contributed by atoms with Crippen LogP contribution in [0.1, 0.15) is 21.8 Å². The molecule has 0 unspecified atom stereocenters. The Kier molecular flexibility index (Phi) is 7.34. The van der Waals surface area contributed by atoms with E-state index in [9.17, 15) is 19.5 Å². The number of hydrogen-bond donors (Lipinski definition) is 4. The summed E-state index contributed by atoms with van der Waals surface area (Å²) in [6, 6.07) is 10.6. The van der Waals surface area contributed by atoms with Gasteiger partial charge in [0, 0.05) is 56.4 Å². The molecule has 1 aromatic carbocycles. The maximum absolute atomic E-state index is 12.4. The lowest BCUT2D eigenvalue weighted by atomic mass is 10.0. The SMILES string of the molecule is O=C(CNC(=O)c1cccc(N2CCNCC2)c1)NC[C@@H](C(=O)O)c1cccnc1. The number of carbonyl (C=O) groups excluding carboxylic acids is 2. The van der Waals surface area contributed by atoms with Crippen molar-refractivity contribution in [1.29, 1.82) is 0 Å². The van der Waals surface area contributed by atoms with E-state index in [0.717, 1.165) is 31.9 Å². The summed E-state index contributed by atoms with van der Waals surface area (Å²) in [7, 11) is 0. The van der Waals surface area contributed by atoms with Crippen LogP contribution in [0.5, 0.6) is 0 Å². The van der Waals surface area contributed by atoms with E-state index in [2.05, 4.69) is 25.8 Å². The minimum Gasteiger partial charge on any atom is -0.481 e. The molecule has 0 spiro atoms. The van der Waals surface area contributed by atoms with Gasteiger partial charge in [0.1, 0.15) is 5.92 Å². The predicted octanol–water partition coefficient (Wildman–Crippen LogP) is 0.206. The Morgan fingerprint density at radius 3 is 2.63 bits per heavy atom.